The maximum absolute atomic E-state index is 4.97. The van der Waals surface area contributed by atoms with Gasteiger partial charge in [-0.05, 0) is 12.1 Å². The van der Waals surface area contributed by atoms with Crippen molar-refractivity contribution >= 4 is 0 Å². The van der Waals surface area contributed by atoms with Crippen molar-refractivity contribution in [3.63, 3.8) is 0 Å². The lowest BCUT2D eigenvalue weighted by Gasteiger charge is -1.99. The molecule has 0 saturated carbocycles. The number of hydrogen-bond acceptors (Lipinski definition) is 3. The van der Waals surface area contributed by atoms with E-state index in [1.807, 2.05) is 31.4 Å². The SMILES string of the molecule is COc1ccc(-c2ccn(C)n2)cn1. The van der Waals surface area contributed by atoms with Crippen molar-refractivity contribution in [2.24, 2.45) is 7.05 Å². The number of nitrogens with zero attached hydrogens (tertiary/aromatic N) is 3. The molecule has 0 aliphatic heterocycles. The first kappa shape index (κ1) is 8.74. The number of hydrogen-bond donors (Lipinski definition) is 0. The highest BCUT2D eigenvalue weighted by Crippen LogP contribution is 2.17. The molecule has 0 atom stereocenters. The molecule has 0 N–H and O–H groups in total. The van der Waals surface area contributed by atoms with Crippen LogP contribution in [0.4, 0.5) is 0 Å². The maximum Gasteiger partial charge on any atom is 0.212 e. The molecule has 2 rings (SSSR count). The van der Waals surface area contributed by atoms with Gasteiger partial charge in [-0.1, -0.05) is 0 Å². The molecule has 2 aromatic heterocycles. The molecule has 0 spiro atoms. The van der Waals surface area contributed by atoms with E-state index < -0.39 is 0 Å². The predicted molar refractivity (Wildman–Crippen MR) is 53.0 cm³/mol. The largest absolute Gasteiger partial charge is 0.481 e. The summed E-state index contributed by atoms with van der Waals surface area (Å²) in [5.74, 6) is 0.615. The van der Waals surface area contributed by atoms with Gasteiger partial charge in [0.1, 0.15) is 0 Å². The highest BCUT2D eigenvalue weighted by atomic mass is 16.5. The minimum Gasteiger partial charge on any atom is -0.481 e. The van der Waals surface area contributed by atoms with Crippen molar-refractivity contribution in [1.82, 2.24) is 14.8 Å². The fraction of sp³-hybridized carbons (Fsp3) is 0.200. The fourth-order valence-electron chi connectivity index (χ4n) is 1.22. The molecule has 2 aromatic rings. The maximum atomic E-state index is 4.97. The highest BCUT2D eigenvalue weighted by molar-refractivity contribution is 5.57. The summed E-state index contributed by atoms with van der Waals surface area (Å²) >= 11 is 0. The minimum atomic E-state index is 0.615. The molecule has 2 heterocycles. The summed E-state index contributed by atoms with van der Waals surface area (Å²) in [6.07, 6.45) is 3.65. The fourth-order valence-corrected chi connectivity index (χ4v) is 1.22. The Morgan fingerprint density at radius 1 is 1.29 bits per heavy atom. The average Bonchev–Trinajstić information content (AvgIpc) is 2.65. The van der Waals surface area contributed by atoms with Crippen LogP contribution in [0.1, 0.15) is 0 Å². The Morgan fingerprint density at radius 3 is 2.64 bits per heavy atom. The van der Waals surface area contributed by atoms with Crippen molar-refractivity contribution in [2.75, 3.05) is 7.11 Å². The van der Waals surface area contributed by atoms with Crippen LogP contribution in [0.3, 0.4) is 0 Å². The predicted octanol–water partition coefficient (Wildman–Crippen LogP) is 1.49. The quantitative estimate of drug-likeness (QED) is 0.718. The minimum absolute atomic E-state index is 0.615. The first-order valence-electron chi connectivity index (χ1n) is 4.29. The van der Waals surface area contributed by atoms with Crippen LogP contribution in [0.5, 0.6) is 5.88 Å². The van der Waals surface area contributed by atoms with Crippen LogP contribution in [0.15, 0.2) is 30.6 Å². The first-order chi connectivity index (χ1) is 6.79. The standard InChI is InChI=1S/C10H11N3O/c1-13-6-5-9(12-13)8-3-4-10(14-2)11-7-8/h3-7H,1-2H3. The van der Waals surface area contributed by atoms with E-state index in [9.17, 15) is 0 Å². The molecule has 0 amide bonds. The lowest BCUT2D eigenvalue weighted by Crippen LogP contribution is -1.89. The van der Waals surface area contributed by atoms with E-state index in [2.05, 4.69) is 10.1 Å². The van der Waals surface area contributed by atoms with Gasteiger partial charge < -0.3 is 4.74 Å². The van der Waals surface area contributed by atoms with Gasteiger partial charge in [0.05, 0.1) is 12.8 Å². The molecule has 0 aromatic carbocycles. The zero-order chi connectivity index (χ0) is 9.97. The zero-order valence-electron chi connectivity index (χ0n) is 8.14. The summed E-state index contributed by atoms with van der Waals surface area (Å²) < 4.78 is 6.74. The van der Waals surface area contributed by atoms with E-state index in [4.69, 9.17) is 4.74 Å². The van der Waals surface area contributed by atoms with Crippen LogP contribution >= 0.6 is 0 Å². The van der Waals surface area contributed by atoms with Gasteiger partial charge in [0.25, 0.3) is 0 Å². The van der Waals surface area contributed by atoms with Crippen molar-refractivity contribution in [3.05, 3.63) is 30.6 Å². The molecule has 4 heteroatoms. The third-order valence-corrected chi connectivity index (χ3v) is 1.95. The molecular formula is C10H11N3O. The monoisotopic (exact) mass is 189 g/mol. The van der Waals surface area contributed by atoms with E-state index in [0.29, 0.717) is 5.88 Å². The van der Waals surface area contributed by atoms with Crippen LogP contribution in [-0.4, -0.2) is 21.9 Å². The Balaban J connectivity index is 2.33. The van der Waals surface area contributed by atoms with E-state index in [1.54, 1.807) is 18.0 Å². The first-order valence-corrected chi connectivity index (χ1v) is 4.29. The molecule has 0 bridgehead atoms. The van der Waals surface area contributed by atoms with Crippen molar-refractivity contribution in [2.45, 2.75) is 0 Å². The number of aryl methyl sites for hydroxylation is 1. The lowest BCUT2D eigenvalue weighted by molar-refractivity contribution is 0.398. The molecule has 0 aliphatic carbocycles. The van der Waals surface area contributed by atoms with Gasteiger partial charge in [0.15, 0.2) is 0 Å². The molecule has 0 unspecified atom stereocenters. The highest BCUT2D eigenvalue weighted by Gasteiger charge is 2.01. The zero-order valence-corrected chi connectivity index (χ0v) is 8.14. The van der Waals surface area contributed by atoms with Crippen LogP contribution < -0.4 is 4.74 Å². The van der Waals surface area contributed by atoms with Crippen LogP contribution in [-0.2, 0) is 7.05 Å². The Morgan fingerprint density at radius 2 is 2.14 bits per heavy atom. The molecule has 0 aliphatic rings. The number of ether oxygens (including phenoxy) is 1. The summed E-state index contributed by atoms with van der Waals surface area (Å²) in [5, 5.41) is 4.27. The summed E-state index contributed by atoms with van der Waals surface area (Å²) in [6.45, 7) is 0. The third kappa shape index (κ3) is 1.59. The van der Waals surface area contributed by atoms with Gasteiger partial charge >= 0.3 is 0 Å². The van der Waals surface area contributed by atoms with Gasteiger partial charge in [0.2, 0.25) is 5.88 Å². The van der Waals surface area contributed by atoms with Gasteiger partial charge in [-0.3, -0.25) is 4.68 Å². The van der Waals surface area contributed by atoms with Crippen molar-refractivity contribution in [1.29, 1.82) is 0 Å². The number of pyridine rings is 1. The molecule has 0 fully saturated rings. The molecule has 0 saturated heterocycles. The molecular weight excluding hydrogens is 178 g/mol. The smallest absolute Gasteiger partial charge is 0.212 e. The number of methoxy groups -OCH3 is 1. The molecule has 72 valence electrons. The lowest BCUT2D eigenvalue weighted by atomic mass is 10.2. The third-order valence-electron chi connectivity index (χ3n) is 1.95. The molecule has 4 nitrogen and oxygen atoms in total. The van der Waals surface area contributed by atoms with E-state index in [1.165, 1.54) is 0 Å². The Labute approximate surface area is 82.2 Å². The molecule has 14 heavy (non-hydrogen) atoms. The molecule has 0 radical (unpaired) electrons. The summed E-state index contributed by atoms with van der Waals surface area (Å²) in [6, 6.07) is 5.71. The summed E-state index contributed by atoms with van der Waals surface area (Å²) in [5.41, 5.74) is 1.91. The number of aromatic nitrogens is 3. The van der Waals surface area contributed by atoms with Gasteiger partial charge in [-0.2, -0.15) is 5.10 Å². The van der Waals surface area contributed by atoms with Crippen molar-refractivity contribution < 1.29 is 4.74 Å². The van der Waals surface area contributed by atoms with Gasteiger partial charge in [-0.15, -0.1) is 0 Å². The van der Waals surface area contributed by atoms with E-state index in [0.717, 1.165) is 11.3 Å². The Bertz CT molecular complexity index is 419. The second kappa shape index (κ2) is 3.49. The summed E-state index contributed by atoms with van der Waals surface area (Å²) in [4.78, 5) is 4.11. The Hall–Kier alpha value is -1.84. The van der Waals surface area contributed by atoms with Crippen LogP contribution in [0.25, 0.3) is 11.3 Å². The second-order valence-corrected chi connectivity index (χ2v) is 2.96. The van der Waals surface area contributed by atoms with Crippen LogP contribution in [0.2, 0.25) is 0 Å². The van der Waals surface area contributed by atoms with E-state index in [-0.39, 0.29) is 0 Å². The van der Waals surface area contributed by atoms with E-state index >= 15 is 0 Å². The second-order valence-electron chi connectivity index (χ2n) is 2.96. The number of rotatable bonds is 2. The normalized spacial score (nSPS) is 10.1. The Kier molecular flexibility index (Phi) is 2.18. The topological polar surface area (TPSA) is 39.9 Å². The van der Waals surface area contributed by atoms with Crippen LogP contribution in [0, 0.1) is 0 Å². The van der Waals surface area contributed by atoms with Crippen molar-refractivity contribution in [3.8, 4) is 17.1 Å². The van der Waals surface area contributed by atoms with Gasteiger partial charge in [0, 0.05) is 31.1 Å². The van der Waals surface area contributed by atoms with Gasteiger partial charge in [-0.25, -0.2) is 4.98 Å². The average molecular weight is 189 g/mol. The summed E-state index contributed by atoms with van der Waals surface area (Å²) in [7, 11) is 3.49.